The van der Waals surface area contributed by atoms with Crippen LogP contribution in [0.4, 0.5) is 35.9 Å². The summed E-state index contributed by atoms with van der Waals surface area (Å²) in [6, 6.07) is 3.16. The van der Waals surface area contributed by atoms with Crippen molar-refractivity contribution < 1.29 is 45.4 Å². The molecule has 2 aliphatic heterocycles. The van der Waals surface area contributed by atoms with E-state index in [4.69, 9.17) is 44.1 Å². The van der Waals surface area contributed by atoms with Crippen molar-refractivity contribution >= 4 is 35.4 Å². The van der Waals surface area contributed by atoms with Crippen LogP contribution in [0.15, 0.2) is 36.4 Å². The summed E-state index contributed by atoms with van der Waals surface area (Å²) < 4.78 is 94.6. The first-order valence-corrected chi connectivity index (χ1v) is 15.7. The maximum absolute atomic E-state index is 14.1. The molecule has 2 heterocycles. The lowest BCUT2D eigenvalue weighted by Gasteiger charge is -2.29. The predicted molar refractivity (Wildman–Crippen MR) is 170 cm³/mol. The third-order valence-electron chi connectivity index (χ3n) is 7.54. The number of rotatable bonds is 4. The normalized spacial score (nSPS) is 23.4. The Hall–Kier alpha value is -2.94. The first-order valence-electron chi connectivity index (χ1n) is 15.0. The highest BCUT2D eigenvalue weighted by Gasteiger charge is 2.56. The number of ether oxygens (including phenoxy) is 2. The van der Waals surface area contributed by atoms with Crippen molar-refractivity contribution in [1.82, 2.24) is 9.80 Å². The maximum atomic E-state index is 14.1. The number of likely N-dealkylation sites (tertiary alicyclic amines) is 2. The molecule has 4 atom stereocenters. The van der Waals surface area contributed by atoms with Gasteiger partial charge in [-0.05, 0) is 77.6 Å². The molecule has 2 amide bonds. The Bertz CT molecular complexity index is 1380. The highest BCUT2D eigenvalue weighted by Crippen LogP contribution is 2.36. The van der Waals surface area contributed by atoms with Gasteiger partial charge in [0.15, 0.2) is 0 Å². The fraction of sp³-hybridized carbons (Fsp3) is 0.562. The Balaban J connectivity index is 0.000000260. The fourth-order valence-corrected chi connectivity index (χ4v) is 5.62. The molecule has 0 spiro atoms. The Kier molecular flexibility index (Phi) is 11.9. The Morgan fingerprint density at radius 1 is 0.729 bits per heavy atom. The third kappa shape index (κ3) is 9.60. The van der Waals surface area contributed by atoms with Gasteiger partial charge in [0.2, 0.25) is 0 Å². The molecule has 4 rings (SSSR count). The molecule has 16 heteroatoms. The average Bonchev–Trinajstić information content (AvgIpc) is 3.31. The molecule has 4 N–H and O–H groups in total. The maximum Gasteiger partial charge on any atom is 0.410 e. The van der Waals surface area contributed by atoms with Crippen molar-refractivity contribution in [3.8, 4) is 0 Å². The van der Waals surface area contributed by atoms with Crippen LogP contribution in [0.3, 0.4) is 0 Å². The summed E-state index contributed by atoms with van der Waals surface area (Å²) in [5.74, 6) is -7.97. The summed E-state index contributed by atoms with van der Waals surface area (Å²) in [5, 5.41) is -0.232. The Morgan fingerprint density at radius 3 is 1.33 bits per heavy atom. The Labute approximate surface area is 285 Å². The molecule has 0 saturated carbocycles. The van der Waals surface area contributed by atoms with E-state index in [9.17, 15) is 35.9 Å². The van der Waals surface area contributed by atoms with Crippen LogP contribution in [-0.2, 0) is 22.3 Å². The van der Waals surface area contributed by atoms with E-state index >= 15 is 0 Å². The van der Waals surface area contributed by atoms with E-state index in [-0.39, 0.29) is 34.0 Å². The smallest absolute Gasteiger partial charge is 0.410 e. The van der Waals surface area contributed by atoms with E-state index in [0.717, 1.165) is 9.80 Å². The van der Waals surface area contributed by atoms with Gasteiger partial charge >= 0.3 is 12.2 Å². The number of nitrogens with zero attached hydrogens (tertiary/aromatic N) is 2. The minimum absolute atomic E-state index is 0.116. The first-order chi connectivity index (χ1) is 21.8. The van der Waals surface area contributed by atoms with Crippen molar-refractivity contribution in [1.29, 1.82) is 0 Å². The number of hydrogen-bond acceptors (Lipinski definition) is 6. The van der Waals surface area contributed by atoms with Gasteiger partial charge in [-0.3, -0.25) is 9.80 Å². The number of benzene rings is 2. The quantitative estimate of drug-likeness (QED) is 0.322. The molecule has 0 aliphatic carbocycles. The molecule has 2 saturated heterocycles. The standard InChI is InChI=1S/2C16H20ClF3N2O2/c2*1-15(2,3)24-14(23)22-8-16(19,20)13(21)11(22)7-9-5-4-6-10(17)12(9)18/h2*4-6,11,13H,7-8,21H2,1-3H3/t2*11-,13+/m00/s1. The van der Waals surface area contributed by atoms with Gasteiger partial charge in [-0.1, -0.05) is 47.5 Å². The summed E-state index contributed by atoms with van der Waals surface area (Å²) in [6.07, 6.45) is -2.16. The fourth-order valence-electron chi connectivity index (χ4n) is 5.23. The van der Waals surface area contributed by atoms with Crippen molar-refractivity contribution in [2.45, 2.75) is 102 Å². The number of amides is 2. The molecule has 0 bridgehead atoms. The molecule has 8 nitrogen and oxygen atoms in total. The van der Waals surface area contributed by atoms with Gasteiger partial charge in [-0.25, -0.2) is 35.9 Å². The van der Waals surface area contributed by atoms with E-state index in [1.165, 1.54) is 36.4 Å². The first kappa shape index (κ1) is 39.5. The molecule has 0 radical (unpaired) electrons. The molecule has 0 unspecified atom stereocenters. The molecule has 2 fully saturated rings. The van der Waals surface area contributed by atoms with Gasteiger partial charge in [-0.15, -0.1) is 0 Å². The monoisotopic (exact) mass is 728 g/mol. The zero-order chi connectivity index (χ0) is 36.6. The second kappa shape index (κ2) is 14.5. The summed E-state index contributed by atoms with van der Waals surface area (Å²) >= 11 is 11.4. The Morgan fingerprint density at radius 2 is 1.04 bits per heavy atom. The van der Waals surface area contributed by atoms with E-state index < -0.39 is 84.1 Å². The summed E-state index contributed by atoms with van der Waals surface area (Å²) in [5.41, 5.74) is 9.81. The number of alkyl halides is 4. The summed E-state index contributed by atoms with van der Waals surface area (Å²) in [6.45, 7) is 8.05. The van der Waals surface area contributed by atoms with E-state index in [1.807, 2.05) is 0 Å². The zero-order valence-corrected chi connectivity index (χ0v) is 28.8. The summed E-state index contributed by atoms with van der Waals surface area (Å²) in [4.78, 5) is 26.2. The third-order valence-corrected chi connectivity index (χ3v) is 8.13. The minimum Gasteiger partial charge on any atom is -0.444 e. The van der Waals surface area contributed by atoms with Gasteiger partial charge in [0.05, 0.1) is 47.3 Å². The van der Waals surface area contributed by atoms with Gasteiger partial charge in [0, 0.05) is 0 Å². The van der Waals surface area contributed by atoms with Gasteiger partial charge < -0.3 is 20.9 Å². The molecule has 268 valence electrons. The van der Waals surface area contributed by atoms with Crippen LogP contribution >= 0.6 is 23.2 Å². The number of carbonyl (C=O) groups excluding carboxylic acids is 2. The second-order valence-electron chi connectivity index (χ2n) is 13.8. The highest BCUT2D eigenvalue weighted by atomic mass is 35.5. The van der Waals surface area contributed by atoms with Crippen LogP contribution in [0.1, 0.15) is 52.7 Å². The van der Waals surface area contributed by atoms with Crippen LogP contribution in [0.2, 0.25) is 10.0 Å². The number of hydrogen-bond donors (Lipinski definition) is 2. The van der Waals surface area contributed by atoms with Crippen LogP contribution < -0.4 is 11.5 Å². The minimum atomic E-state index is -3.28. The SMILES string of the molecule is CC(C)(C)OC(=O)N1CC(F)(F)[C@H](N)[C@@H]1Cc1cccc(Cl)c1F.CC(C)(C)OC(=O)N1CC(F)(F)[C@H](N)[C@@H]1Cc1cccc(Cl)c1F. The highest BCUT2D eigenvalue weighted by molar-refractivity contribution is 6.31. The van der Waals surface area contributed by atoms with Gasteiger partial charge in [0.25, 0.3) is 11.8 Å². The van der Waals surface area contributed by atoms with E-state index in [0.29, 0.717) is 0 Å². The summed E-state index contributed by atoms with van der Waals surface area (Å²) in [7, 11) is 0. The van der Waals surface area contributed by atoms with Crippen LogP contribution in [0.25, 0.3) is 0 Å². The second-order valence-corrected chi connectivity index (χ2v) is 14.6. The average molecular weight is 730 g/mol. The predicted octanol–water partition coefficient (Wildman–Crippen LogP) is 7.21. The molecule has 2 aromatic rings. The molecule has 0 aromatic heterocycles. The lowest BCUT2D eigenvalue weighted by molar-refractivity contribution is -0.00943. The zero-order valence-electron chi connectivity index (χ0n) is 27.3. The van der Waals surface area contributed by atoms with Crippen molar-refractivity contribution in [3.05, 3.63) is 69.2 Å². The van der Waals surface area contributed by atoms with Crippen LogP contribution in [-0.4, -0.2) is 82.3 Å². The largest absolute Gasteiger partial charge is 0.444 e. The lowest BCUT2D eigenvalue weighted by Crippen LogP contribution is -2.48. The number of halogens is 8. The lowest BCUT2D eigenvalue weighted by atomic mass is 9.99. The molecule has 2 aromatic carbocycles. The molecule has 48 heavy (non-hydrogen) atoms. The molecular formula is C32H40Cl2F6N4O4. The number of nitrogens with two attached hydrogens (primary N) is 2. The van der Waals surface area contributed by atoms with E-state index in [1.54, 1.807) is 41.5 Å². The van der Waals surface area contributed by atoms with Gasteiger partial charge in [-0.2, -0.15) is 0 Å². The topological polar surface area (TPSA) is 111 Å². The molecule has 2 aliphatic rings. The van der Waals surface area contributed by atoms with Crippen molar-refractivity contribution in [2.24, 2.45) is 11.5 Å². The van der Waals surface area contributed by atoms with Crippen LogP contribution in [0, 0.1) is 11.6 Å². The molecular weight excluding hydrogens is 689 g/mol. The van der Waals surface area contributed by atoms with Gasteiger partial charge in [0.1, 0.15) is 22.8 Å². The van der Waals surface area contributed by atoms with Crippen LogP contribution in [0.5, 0.6) is 0 Å². The van der Waals surface area contributed by atoms with Crippen molar-refractivity contribution in [2.75, 3.05) is 13.1 Å². The number of carbonyl (C=O) groups is 2. The van der Waals surface area contributed by atoms with E-state index in [2.05, 4.69) is 0 Å². The van der Waals surface area contributed by atoms with Crippen molar-refractivity contribution in [3.63, 3.8) is 0 Å².